The van der Waals surface area contributed by atoms with Gasteiger partial charge in [0.15, 0.2) is 5.69 Å². The van der Waals surface area contributed by atoms with Crippen molar-refractivity contribution in [2.45, 2.75) is 6.18 Å². The molecule has 4 nitrogen and oxygen atoms in total. The van der Waals surface area contributed by atoms with Crippen molar-refractivity contribution in [2.75, 3.05) is 0 Å². The molecule has 144 valence electrons. The molecule has 0 saturated carbocycles. The van der Waals surface area contributed by atoms with Crippen molar-refractivity contribution in [1.29, 1.82) is 5.26 Å². The topological polar surface area (TPSA) is 50.8 Å². The van der Waals surface area contributed by atoms with Crippen molar-refractivity contribution in [3.63, 3.8) is 0 Å². The maximum Gasteiger partial charge on any atom is 0.416 e. The molecular weight excluding hydrogens is 403 g/mol. The Morgan fingerprint density at radius 2 is 1.76 bits per heavy atom. The van der Waals surface area contributed by atoms with E-state index in [-0.39, 0.29) is 10.8 Å². The molecule has 0 spiro atoms. The highest BCUT2D eigenvalue weighted by molar-refractivity contribution is 6.32. The zero-order chi connectivity index (χ0) is 20.6. The number of hydrogen-bond donors (Lipinski definition) is 0. The lowest BCUT2D eigenvalue weighted by molar-refractivity contribution is -0.137. The van der Waals surface area contributed by atoms with E-state index in [4.69, 9.17) is 16.3 Å². The lowest BCUT2D eigenvalue weighted by Gasteiger charge is -2.11. The summed E-state index contributed by atoms with van der Waals surface area (Å²) in [5.74, 6) is 0.399. The lowest BCUT2D eigenvalue weighted by atomic mass is 10.2. The Bertz CT molecular complexity index is 1240. The number of aromatic nitrogens is 2. The van der Waals surface area contributed by atoms with Crippen LogP contribution in [-0.4, -0.2) is 9.78 Å². The number of rotatable bonds is 3. The first-order valence-corrected chi connectivity index (χ1v) is 8.77. The minimum atomic E-state index is -4.49. The summed E-state index contributed by atoms with van der Waals surface area (Å²) in [5.41, 5.74) is 0.765. The first kappa shape index (κ1) is 18.8. The average Bonchev–Trinajstić information content (AvgIpc) is 3.07. The summed E-state index contributed by atoms with van der Waals surface area (Å²) < 4.78 is 45.5. The quantitative estimate of drug-likeness (QED) is 0.392. The molecule has 0 bridgehead atoms. The van der Waals surface area contributed by atoms with Gasteiger partial charge in [-0.25, -0.2) is 4.68 Å². The summed E-state index contributed by atoms with van der Waals surface area (Å²) in [7, 11) is 0. The van der Waals surface area contributed by atoms with Gasteiger partial charge in [0.2, 0.25) is 0 Å². The summed E-state index contributed by atoms with van der Waals surface area (Å²) in [6.45, 7) is 0. The Balaban J connectivity index is 1.72. The van der Waals surface area contributed by atoms with Crippen LogP contribution in [0.5, 0.6) is 11.5 Å². The van der Waals surface area contributed by atoms with Gasteiger partial charge in [0.05, 0.1) is 21.8 Å². The predicted octanol–water partition coefficient (Wildman–Crippen LogP) is 6.36. The fourth-order valence-electron chi connectivity index (χ4n) is 2.88. The molecule has 0 unspecified atom stereocenters. The van der Waals surface area contributed by atoms with Crippen molar-refractivity contribution in [3.05, 3.63) is 83.0 Å². The molecule has 0 aliphatic heterocycles. The van der Waals surface area contributed by atoms with Crippen LogP contribution in [0, 0.1) is 11.3 Å². The number of alkyl halides is 3. The van der Waals surface area contributed by atoms with E-state index in [9.17, 15) is 18.4 Å². The highest BCUT2D eigenvalue weighted by atomic mass is 35.5. The number of benzene rings is 3. The third kappa shape index (κ3) is 3.62. The molecule has 8 heteroatoms. The van der Waals surface area contributed by atoms with Gasteiger partial charge in [-0.05, 0) is 48.5 Å². The number of nitrogens with zero attached hydrogens (tertiary/aromatic N) is 3. The first-order valence-electron chi connectivity index (χ1n) is 8.40. The summed E-state index contributed by atoms with van der Waals surface area (Å²) in [4.78, 5) is 0. The van der Waals surface area contributed by atoms with Crippen molar-refractivity contribution >= 4 is 22.5 Å². The number of ether oxygens (including phenoxy) is 1. The molecule has 1 heterocycles. The number of fused-ring (bicyclic) bond motifs is 1. The standard InChI is InChI=1S/C21H11ClF3N3O/c22-17-10-13(21(23,24)25)6-9-20(17)29-15-7-8-18-16(11-15)19(12-26)28(27-18)14-4-2-1-3-5-14/h1-11H. The number of halogens is 4. The monoisotopic (exact) mass is 413 g/mol. The van der Waals surface area contributed by atoms with Crippen molar-refractivity contribution in [2.24, 2.45) is 0 Å². The highest BCUT2D eigenvalue weighted by Crippen LogP contribution is 2.37. The van der Waals surface area contributed by atoms with Gasteiger partial charge in [0.1, 0.15) is 17.6 Å². The van der Waals surface area contributed by atoms with Crippen LogP contribution >= 0.6 is 11.6 Å². The van der Waals surface area contributed by atoms with Crippen LogP contribution in [0.1, 0.15) is 11.3 Å². The number of para-hydroxylation sites is 1. The van der Waals surface area contributed by atoms with Crippen LogP contribution in [0.25, 0.3) is 16.6 Å². The van der Waals surface area contributed by atoms with Gasteiger partial charge >= 0.3 is 6.18 Å². The molecule has 1 aromatic heterocycles. The summed E-state index contributed by atoms with van der Waals surface area (Å²) in [5, 5.41) is 14.5. The van der Waals surface area contributed by atoms with E-state index < -0.39 is 11.7 Å². The Morgan fingerprint density at radius 3 is 2.41 bits per heavy atom. The fraction of sp³-hybridized carbons (Fsp3) is 0.0476. The van der Waals surface area contributed by atoms with Crippen LogP contribution in [-0.2, 0) is 6.18 Å². The maximum absolute atomic E-state index is 12.8. The Hall–Kier alpha value is -3.50. The Kier molecular flexibility index (Phi) is 4.65. The van der Waals surface area contributed by atoms with E-state index in [0.717, 1.165) is 23.9 Å². The molecule has 3 aromatic carbocycles. The van der Waals surface area contributed by atoms with Crippen LogP contribution in [0.15, 0.2) is 66.7 Å². The zero-order valence-electron chi connectivity index (χ0n) is 14.6. The van der Waals surface area contributed by atoms with Crippen molar-refractivity contribution in [1.82, 2.24) is 9.78 Å². The van der Waals surface area contributed by atoms with Gasteiger partial charge in [-0.3, -0.25) is 0 Å². The second kappa shape index (κ2) is 7.15. The molecule has 0 atom stereocenters. The second-order valence-corrected chi connectivity index (χ2v) is 6.54. The molecule has 0 fully saturated rings. The Labute approximate surface area is 168 Å². The van der Waals surface area contributed by atoms with Gasteiger partial charge in [-0.1, -0.05) is 29.8 Å². The molecule has 4 aromatic rings. The van der Waals surface area contributed by atoms with E-state index in [1.165, 1.54) is 4.68 Å². The van der Waals surface area contributed by atoms with Gasteiger partial charge in [-0.15, -0.1) is 0 Å². The summed E-state index contributed by atoms with van der Waals surface area (Å²) in [6, 6.07) is 19.1. The molecule has 29 heavy (non-hydrogen) atoms. The van der Waals surface area contributed by atoms with E-state index in [2.05, 4.69) is 11.2 Å². The summed E-state index contributed by atoms with van der Waals surface area (Å²) in [6.07, 6.45) is -4.49. The molecule has 0 radical (unpaired) electrons. The molecule has 0 saturated heterocycles. The molecule has 0 aliphatic rings. The first-order chi connectivity index (χ1) is 13.9. The summed E-state index contributed by atoms with van der Waals surface area (Å²) >= 11 is 5.95. The smallest absolute Gasteiger partial charge is 0.416 e. The van der Waals surface area contributed by atoms with Crippen LogP contribution in [0.3, 0.4) is 0 Å². The zero-order valence-corrected chi connectivity index (χ0v) is 15.4. The minimum Gasteiger partial charge on any atom is -0.456 e. The van der Waals surface area contributed by atoms with Gasteiger partial charge in [-0.2, -0.15) is 23.5 Å². The minimum absolute atomic E-state index is 0.0768. The van der Waals surface area contributed by atoms with E-state index >= 15 is 0 Å². The molecule has 0 amide bonds. The van der Waals surface area contributed by atoms with Gasteiger partial charge < -0.3 is 4.74 Å². The lowest BCUT2D eigenvalue weighted by Crippen LogP contribution is -2.04. The van der Waals surface area contributed by atoms with Crippen LogP contribution in [0.4, 0.5) is 13.2 Å². The molecule has 0 N–H and O–H groups in total. The molecule has 4 rings (SSSR count). The van der Waals surface area contributed by atoms with Crippen LogP contribution < -0.4 is 4.74 Å². The van der Waals surface area contributed by atoms with Crippen molar-refractivity contribution < 1.29 is 17.9 Å². The molecule has 0 aliphatic carbocycles. The second-order valence-electron chi connectivity index (χ2n) is 6.13. The maximum atomic E-state index is 12.8. The highest BCUT2D eigenvalue weighted by Gasteiger charge is 2.31. The van der Waals surface area contributed by atoms with E-state index in [0.29, 0.717) is 22.3 Å². The number of nitriles is 1. The normalized spacial score (nSPS) is 11.4. The van der Waals surface area contributed by atoms with Gasteiger partial charge in [0, 0.05) is 5.39 Å². The fourth-order valence-corrected chi connectivity index (χ4v) is 3.10. The SMILES string of the molecule is N#Cc1c2cc(Oc3ccc(C(F)(F)F)cc3Cl)ccc2nn1-c1ccccc1. The largest absolute Gasteiger partial charge is 0.456 e. The third-order valence-electron chi connectivity index (χ3n) is 4.24. The van der Waals surface area contributed by atoms with E-state index in [1.807, 2.05) is 30.3 Å². The van der Waals surface area contributed by atoms with Gasteiger partial charge in [0.25, 0.3) is 0 Å². The van der Waals surface area contributed by atoms with Crippen molar-refractivity contribution in [3.8, 4) is 23.3 Å². The average molecular weight is 414 g/mol. The number of hydrogen-bond acceptors (Lipinski definition) is 3. The molecular formula is C21H11ClF3N3O. The van der Waals surface area contributed by atoms with Crippen LogP contribution in [0.2, 0.25) is 5.02 Å². The predicted molar refractivity (Wildman–Crippen MR) is 102 cm³/mol. The van der Waals surface area contributed by atoms with E-state index in [1.54, 1.807) is 18.2 Å². The third-order valence-corrected chi connectivity index (χ3v) is 4.53. The Morgan fingerprint density at radius 1 is 1.00 bits per heavy atom.